The van der Waals surface area contributed by atoms with Crippen molar-refractivity contribution >= 4 is 40.0 Å². The normalized spacial score (nSPS) is 23.2. The molecule has 2 aliphatic heterocycles. The zero-order valence-corrected chi connectivity index (χ0v) is 17.7. The minimum atomic E-state index is -3.13. The number of sulfonamides is 1. The van der Waals surface area contributed by atoms with Crippen LogP contribution in [0.4, 0.5) is 0 Å². The molecule has 2 rings (SSSR count). The van der Waals surface area contributed by atoms with Gasteiger partial charge in [-0.05, 0) is 12.3 Å². The molecule has 24 heavy (non-hydrogen) atoms. The Balaban J connectivity index is 0.00000288. The van der Waals surface area contributed by atoms with Crippen LogP contribution in [0.2, 0.25) is 0 Å². The standard InChI is InChI=1S/C14H29N5O3S.HI/c1-15-14(16-4-5-17-23(2,20)21)19-8-6-18(7-9-19)11-13-3-10-22-12-13;/h13,17H,3-12H2,1-2H3,(H,15,16);1H. The third-order valence-electron chi connectivity index (χ3n) is 4.20. The van der Waals surface area contributed by atoms with Crippen LogP contribution in [-0.2, 0) is 14.8 Å². The Morgan fingerprint density at radius 3 is 2.50 bits per heavy atom. The van der Waals surface area contributed by atoms with Crippen molar-refractivity contribution in [2.45, 2.75) is 6.42 Å². The van der Waals surface area contributed by atoms with E-state index in [0.29, 0.717) is 19.0 Å². The van der Waals surface area contributed by atoms with Crippen molar-refractivity contribution in [2.75, 3.05) is 72.3 Å². The monoisotopic (exact) mass is 475 g/mol. The molecule has 2 heterocycles. The van der Waals surface area contributed by atoms with Crippen LogP contribution in [0.3, 0.4) is 0 Å². The van der Waals surface area contributed by atoms with Gasteiger partial charge in [0.25, 0.3) is 0 Å². The largest absolute Gasteiger partial charge is 0.381 e. The van der Waals surface area contributed by atoms with Gasteiger partial charge in [0.1, 0.15) is 0 Å². The number of piperazine rings is 1. The van der Waals surface area contributed by atoms with E-state index in [2.05, 4.69) is 24.8 Å². The summed E-state index contributed by atoms with van der Waals surface area (Å²) in [5.74, 6) is 1.52. The zero-order chi connectivity index (χ0) is 16.7. The van der Waals surface area contributed by atoms with E-state index in [0.717, 1.165) is 58.2 Å². The zero-order valence-electron chi connectivity index (χ0n) is 14.5. The van der Waals surface area contributed by atoms with E-state index in [1.165, 1.54) is 6.42 Å². The number of nitrogens with zero attached hydrogens (tertiary/aromatic N) is 3. The van der Waals surface area contributed by atoms with E-state index in [4.69, 9.17) is 4.74 Å². The molecular formula is C14H30IN5O3S. The molecule has 8 nitrogen and oxygen atoms in total. The first kappa shape index (κ1) is 21.9. The highest BCUT2D eigenvalue weighted by Crippen LogP contribution is 2.15. The lowest BCUT2D eigenvalue weighted by molar-refractivity contribution is 0.139. The van der Waals surface area contributed by atoms with Crippen molar-refractivity contribution in [3.05, 3.63) is 0 Å². The molecule has 2 N–H and O–H groups in total. The number of rotatable bonds is 6. The minimum Gasteiger partial charge on any atom is -0.381 e. The lowest BCUT2D eigenvalue weighted by atomic mass is 10.1. The highest BCUT2D eigenvalue weighted by molar-refractivity contribution is 14.0. The van der Waals surface area contributed by atoms with Crippen LogP contribution >= 0.6 is 24.0 Å². The van der Waals surface area contributed by atoms with E-state index < -0.39 is 10.0 Å². The maximum Gasteiger partial charge on any atom is 0.208 e. The number of halogens is 1. The summed E-state index contributed by atoms with van der Waals surface area (Å²) in [7, 11) is -1.37. The van der Waals surface area contributed by atoms with Gasteiger partial charge in [-0.15, -0.1) is 24.0 Å². The predicted molar refractivity (Wildman–Crippen MR) is 107 cm³/mol. The molecule has 1 unspecified atom stereocenters. The molecule has 2 fully saturated rings. The maximum absolute atomic E-state index is 11.0. The Labute approximate surface area is 162 Å². The summed E-state index contributed by atoms with van der Waals surface area (Å²) >= 11 is 0. The fourth-order valence-corrected chi connectivity index (χ4v) is 3.45. The molecule has 0 aromatic heterocycles. The van der Waals surface area contributed by atoms with Crippen molar-refractivity contribution in [1.82, 2.24) is 19.8 Å². The van der Waals surface area contributed by atoms with Crippen LogP contribution in [0.25, 0.3) is 0 Å². The molecule has 0 radical (unpaired) electrons. The van der Waals surface area contributed by atoms with Gasteiger partial charge >= 0.3 is 0 Å². The SMILES string of the molecule is CN=C(NCCNS(C)(=O)=O)N1CCN(CC2CCOC2)CC1.I. The van der Waals surface area contributed by atoms with Gasteiger partial charge in [0.2, 0.25) is 10.0 Å². The van der Waals surface area contributed by atoms with Gasteiger partial charge in [-0.25, -0.2) is 13.1 Å². The first-order chi connectivity index (χ1) is 11.0. The number of aliphatic imine (C=N–C) groups is 1. The number of ether oxygens (including phenoxy) is 1. The maximum atomic E-state index is 11.0. The fourth-order valence-electron chi connectivity index (χ4n) is 2.98. The molecular weight excluding hydrogens is 445 g/mol. The van der Waals surface area contributed by atoms with Crippen molar-refractivity contribution in [3.63, 3.8) is 0 Å². The molecule has 10 heteroatoms. The molecule has 142 valence electrons. The molecule has 0 amide bonds. The third kappa shape index (κ3) is 7.81. The van der Waals surface area contributed by atoms with Gasteiger partial charge in [0.15, 0.2) is 5.96 Å². The van der Waals surface area contributed by atoms with E-state index in [9.17, 15) is 8.42 Å². The van der Waals surface area contributed by atoms with E-state index in [-0.39, 0.29) is 24.0 Å². The number of guanidine groups is 1. The Morgan fingerprint density at radius 2 is 1.96 bits per heavy atom. The highest BCUT2D eigenvalue weighted by Gasteiger charge is 2.23. The molecule has 0 bridgehead atoms. The summed E-state index contributed by atoms with van der Waals surface area (Å²) < 4.78 is 30.0. The summed E-state index contributed by atoms with van der Waals surface area (Å²) in [6.45, 7) is 7.74. The smallest absolute Gasteiger partial charge is 0.208 e. The summed E-state index contributed by atoms with van der Waals surface area (Å²) in [5.41, 5.74) is 0. The van der Waals surface area contributed by atoms with Crippen molar-refractivity contribution < 1.29 is 13.2 Å². The second-order valence-corrected chi connectivity index (χ2v) is 7.99. The summed E-state index contributed by atoms with van der Waals surface area (Å²) in [4.78, 5) is 9.01. The van der Waals surface area contributed by atoms with Crippen LogP contribution in [-0.4, -0.2) is 96.5 Å². The Morgan fingerprint density at radius 1 is 1.25 bits per heavy atom. The van der Waals surface area contributed by atoms with Crippen LogP contribution in [0.5, 0.6) is 0 Å². The second kappa shape index (κ2) is 10.7. The van der Waals surface area contributed by atoms with Crippen LogP contribution in [0, 0.1) is 5.92 Å². The Kier molecular flexibility index (Phi) is 9.79. The molecule has 0 aliphatic carbocycles. The van der Waals surface area contributed by atoms with E-state index >= 15 is 0 Å². The van der Waals surface area contributed by atoms with Crippen LogP contribution in [0.15, 0.2) is 4.99 Å². The number of hydrogen-bond donors (Lipinski definition) is 2. The molecule has 0 aromatic rings. The van der Waals surface area contributed by atoms with Gasteiger partial charge in [0, 0.05) is 59.5 Å². The van der Waals surface area contributed by atoms with Gasteiger partial charge in [-0.2, -0.15) is 0 Å². The Bertz CT molecular complexity index is 489. The predicted octanol–water partition coefficient (Wildman–Crippen LogP) is -0.617. The third-order valence-corrected chi connectivity index (χ3v) is 4.92. The van der Waals surface area contributed by atoms with Crippen molar-refractivity contribution in [2.24, 2.45) is 10.9 Å². The molecule has 2 aliphatic rings. The van der Waals surface area contributed by atoms with Crippen LogP contribution in [0.1, 0.15) is 6.42 Å². The lowest BCUT2D eigenvalue weighted by Crippen LogP contribution is -2.53. The Hall–Kier alpha value is -0.170. The topological polar surface area (TPSA) is 86.3 Å². The lowest BCUT2D eigenvalue weighted by Gasteiger charge is -2.37. The van der Waals surface area contributed by atoms with E-state index in [1.54, 1.807) is 7.05 Å². The quantitative estimate of drug-likeness (QED) is 0.231. The van der Waals surface area contributed by atoms with Crippen LogP contribution < -0.4 is 10.0 Å². The first-order valence-corrected chi connectivity index (χ1v) is 10.1. The number of nitrogens with one attached hydrogen (secondary N) is 2. The average molecular weight is 475 g/mol. The number of hydrogen-bond acceptors (Lipinski definition) is 5. The highest BCUT2D eigenvalue weighted by atomic mass is 127. The second-order valence-electron chi connectivity index (χ2n) is 6.16. The van der Waals surface area contributed by atoms with Crippen molar-refractivity contribution in [3.8, 4) is 0 Å². The first-order valence-electron chi connectivity index (χ1n) is 8.18. The summed E-state index contributed by atoms with van der Waals surface area (Å²) in [6, 6.07) is 0. The fraction of sp³-hybridized carbons (Fsp3) is 0.929. The van der Waals surface area contributed by atoms with E-state index in [1.807, 2.05) is 0 Å². The molecule has 0 aromatic carbocycles. The molecule has 2 saturated heterocycles. The summed E-state index contributed by atoms with van der Waals surface area (Å²) in [5, 5.41) is 3.21. The van der Waals surface area contributed by atoms with Gasteiger partial charge in [0.05, 0.1) is 12.9 Å². The average Bonchev–Trinajstić information content (AvgIpc) is 3.00. The van der Waals surface area contributed by atoms with Gasteiger partial charge < -0.3 is 15.0 Å². The molecule has 0 spiro atoms. The van der Waals surface area contributed by atoms with Gasteiger partial charge in [-0.1, -0.05) is 0 Å². The summed E-state index contributed by atoms with van der Waals surface area (Å²) in [6.07, 6.45) is 2.34. The van der Waals surface area contributed by atoms with Crippen molar-refractivity contribution in [1.29, 1.82) is 0 Å². The minimum absolute atomic E-state index is 0. The van der Waals surface area contributed by atoms with Gasteiger partial charge in [-0.3, -0.25) is 9.89 Å². The molecule has 0 saturated carbocycles. The molecule has 1 atom stereocenters.